The maximum absolute atomic E-state index is 6.22. The number of hydrogen-bond donors (Lipinski definition) is 1. The normalized spacial score (nSPS) is 13.2. The zero-order valence-corrected chi connectivity index (χ0v) is 11.7. The minimum Gasteiger partial charge on any atom is -0.496 e. The monoisotopic (exact) mass is 235 g/mol. The smallest absolute Gasteiger partial charge is 0.122 e. The van der Waals surface area contributed by atoms with Gasteiger partial charge in [-0.25, -0.2) is 0 Å². The van der Waals surface area contributed by atoms with Crippen molar-refractivity contribution in [2.24, 2.45) is 11.7 Å². The van der Waals surface area contributed by atoms with Crippen LogP contribution in [0.3, 0.4) is 0 Å². The first-order valence-electron chi connectivity index (χ1n) is 6.39. The van der Waals surface area contributed by atoms with E-state index in [9.17, 15) is 0 Å². The fourth-order valence-electron chi connectivity index (χ4n) is 2.08. The standard InChI is InChI=1S/C15H25NO/c1-10(2)8-14(16)12-6-7-15(17-5)13(9-12)11(3)4/h6-7,9-11,14H,8,16H2,1-5H3. The highest BCUT2D eigenvalue weighted by Gasteiger charge is 2.13. The molecule has 0 aliphatic rings. The van der Waals surface area contributed by atoms with Crippen molar-refractivity contribution < 1.29 is 4.74 Å². The molecule has 1 aromatic rings. The van der Waals surface area contributed by atoms with Crippen molar-refractivity contribution in [1.29, 1.82) is 0 Å². The van der Waals surface area contributed by atoms with Crippen molar-refractivity contribution in [2.75, 3.05) is 7.11 Å². The second-order valence-electron chi connectivity index (χ2n) is 5.39. The summed E-state index contributed by atoms with van der Waals surface area (Å²) in [5.41, 5.74) is 8.67. The molecule has 1 unspecified atom stereocenters. The third-order valence-electron chi connectivity index (χ3n) is 3.03. The zero-order chi connectivity index (χ0) is 13.0. The van der Waals surface area contributed by atoms with Gasteiger partial charge in [0.15, 0.2) is 0 Å². The molecule has 17 heavy (non-hydrogen) atoms. The van der Waals surface area contributed by atoms with Gasteiger partial charge in [0.2, 0.25) is 0 Å². The summed E-state index contributed by atoms with van der Waals surface area (Å²) < 4.78 is 5.38. The maximum Gasteiger partial charge on any atom is 0.122 e. The molecule has 2 nitrogen and oxygen atoms in total. The molecule has 0 heterocycles. The summed E-state index contributed by atoms with van der Waals surface area (Å²) in [5.74, 6) is 2.03. The lowest BCUT2D eigenvalue weighted by Gasteiger charge is -2.18. The van der Waals surface area contributed by atoms with E-state index in [1.54, 1.807) is 7.11 Å². The predicted octanol–water partition coefficient (Wildman–Crippen LogP) is 3.86. The van der Waals surface area contributed by atoms with Gasteiger partial charge in [-0.3, -0.25) is 0 Å². The topological polar surface area (TPSA) is 35.2 Å². The number of hydrogen-bond acceptors (Lipinski definition) is 2. The van der Waals surface area contributed by atoms with E-state index in [2.05, 4.69) is 39.8 Å². The Morgan fingerprint density at radius 1 is 1.18 bits per heavy atom. The SMILES string of the molecule is COc1ccc(C(N)CC(C)C)cc1C(C)C. The van der Waals surface area contributed by atoms with E-state index in [0.29, 0.717) is 11.8 Å². The Labute approximate surface area is 105 Å². The molecule has 0 saturated carbocycles. The molecule has 0 amide bonds. The van der Waals surface area contributed by atoms with Crippen molar-refractivity contribution in [3.63, 3.8) is 0 Å². The minimum atomic E-state index is 0.124. The van der Waals surface area contributed by atoms with Gasteiger partial charge in [0, 0.05) is 6.04 Å². The lowest BCUT2D eigenvalue weighted by molar-refractivity contribution is 0.407. The van der Waals surface area contributed by atoms with E-state index < -0.39 is 0 Å². The molecule has 0 aliphatic carbocycles. The van der Waals surface area contributed by atoms with Gasteiger partial charge in [-0.15, -0.1) is 0 Å². The lowest BCUT2D eigenvalue weighted by atomic mass is 9.93. The highest BCUT2D eigenvalue weighted by atomic mass is 16.5. The molecule has 1 atom stereocenters. The van der Waals surface area contributed by atoms with E-state index in [1.807, 2.05) is 6.07 Å². The summed E-state index contributed by atoms with van der Waals surface area (Å²) in [4.78, 5) is 0. The van der Waals surface area contributed by atoms with Gasteiger partial charge in [0.1, 0.15) is 5.75 Å². The Kier molecular flexibility index (Phi) is 5.01. The first kappa shape index (κ1) is 14.0. The van der Waals surface area contributed by atoms with Crippen molar-refractivity contribution in [1.82, 2.24) is 0 Å². The molecule has 0 fully saturated rings. The van der Waals surface area contributed by atoms with Crippen LogP contribution in [-0.2, 0) is 0 Å². The van der Waals surface area contributed by atoms with Gasteiger partial charge in [-0.2, -0.15) is 0 Å². The van der Waals surface area contributed by atoms with Gasteiger partial charge in [0.25, 0.3) is 0 Å². The molecular formula is C15H25NO. The predicted molar refractivity (Wildman–Crippen MR) is 73.5 cm³/mol. The van der Waals surface area contributed by atoms with E-state index in [0.717, 1.165) is 12.2 Å². The van der Waals surface area contributed by atoms with Crippen molar-refractivity contribution in [2.45, 2.75) is 46.1 Å². The average Bonchev–Trinajstić information content (AvgIpc) is 2.27. The van der Waals surface area contributed by atoms with E-state index in [-0.39, 0.29) is 6.04 Å². The Hall–Kier alpha value is -1.02. The Morgan fingerprint density at radius 3 is 2.29 bits per heavy atom. The van der Waals surface area contributed by atoms with Crippen LogP contribution in [0.25, 0.3) is 0 Å². The third kappa shape index (κ3) is 3.74. The van der Waals surface area contributed by atoms with Gasteiger partial charge in [-0.05, 0) is 35.4 Å². The number of nitrogens with two attached hydrogens (primary N) is 1. The molecular weight excluding hydrogens is 210 g/mol. The average molecular weight is 235 g/mol. The van der Waals surface area contributed by atoms with Gasteiger partial charge in [0.05, 0.1) is 7.11 Å². The van der Waals surface area contributed by atoms with Gasteiger partial charge < -0.3 is 10.5 Å². The van der Waals surface area contributed by atoms with Crippen LogP contribution in [0.5, 0.6) is 5.75 Å². The number of methoxy groups -OCH3 is 1. The Balaban J connectivity index is 2.99. The quantitative estimate of drug-likeness (QED) is 0.841. The largest absolute Gasteiger partial charge is 0.496 e. The molecule has 0 spiro atoms. The van der Waals surface area contributed by atoms with Crippen molar-refractivity contribution in [3.8, 4) is 5.75 Å². The molecule has 0 saturated heterocycles. The van der Waals surface area contributed by atoms with Gasteiger partial charge >= 0.3 is 0 Å². The molecule has 0 aliphatic heterocycles. The van der Waals surface area contributed by atoms with Crippen LogP contribution in [0.2, 0.25) is 0 Å². The number of rotatable bonds is 5. The van der Waals surface area contributed by atoms with Crippen molar-refractivity contribution >= 4 is 0 Å². The molecule has 1 aromatic carbocycles. The summed E-state index contributed by atoms with van der Waals surface area (Å²) in [5, 5.41) is 0. The highest BCUT2D eigenvalue weighted by molar-refractivity contribution is 5.40. The van der Waals surface area contributed by atoms with Gasteiger partial charge in [-0.1, -0.05) is 39.8 Å². The first-order valence-corrected chi connectivity index (χ1v) is 6.39. The summed E-state index contributed by atoms with van der Waals surface area (Å²) in [7, 11) is 1.72. The summed E-state index contributed by atoms with van der Waals surface area (Å²) >= 11 is 0. The first-order chi connectivity index (χ1) is 7.95. The van der Waals surface area contributed by atoms with E-state index >= 15 is 0 Å². The summed E-state index contributed by atoms with van der Waals surface area (Å²) in [6.45, 7) is 8.75. The number of ether oxygens (including phenoxy) is 1. The molecule has 96 valence electrons. The van der Waals surface area contributed by atoms with Crippen LogP contribution >= 0.6 is 0 Å². The molecule has 0 aromatic heterocycles. The van der Waals surface area contributed by atoms with Crippen molar-refractivity contribution in [3.05, 3.63) is 29.3 Å². The second-order valence-corrected chi connectivity index (χ2v) is 5.39. The van der Waals surface area contributed by atoms with Crippen LogP contribution in [-0.4, -0.2) is 7.11 Å². The summed E-state index contributed by atoms with van der Waals surface area (Å²) in [6, 6.07) is 6.43. The molecule has 1 rings (SSSR count). The number of benzene rings is 1. The highest BCUT2D eigenvalue weighted by Crippen LogP contribution is 2.30. The zero-order valence-electron chi connectivity index (χ0n) is 11.7. The molecule has 2 N–H and O–H groups in total. The molecule has 0 bridgehead atoms. The van der Waals surface area contributed by atoms with Crippen LogP contribution < -0.4 is 10.5 Å². The second kappa shape index (κ2) is 6.06. The molecule has 0 radical (unpaired) electrons. The molecule has 2 heteroatoms. The minimum absolute atomic E-state index is 0.124. The van der Waals surface area contributed by atoms with Crippen LogP contribution in [0, 0.1) is 5.92 Å². The fraction of sp³-hybridized carbons (Fsp3) is 0.600. The fourth-order valence-corrected chi connectivity index (χ4v) is 2.08. The Morgan fingerprint density at radius 2 is 1.82 bits per heavy atom. The van der Waals surface area contributed by atoms with E-state index in [1.165, 1.54) is 11.1 Å². The van der Waals surface area contributed by atoms with Crippen LogP contribution in [0.1, 0.15) is 57.2 Å². The third-order valence-corrected chi connectivity index (χ3v) is 3.03. The summed E-state index contributed by atoms with van der Waals surface area (Å²) in [6.07, 6.45) is 1.02. The van der Waals surface area contributed by atoms with Crippen LogP contribution in [0.15, 0.2) is 18.2 Å². The van der Waals surface area contributed by atoms with Crippen LogP contribution in [0.4, 0.5) is 0 Å². The lowest BCUT2D eigenvalue weighted by Crippen LogP contribution is -2.13. The Bertz CT molecular complexity index is 358. The maximum atomic E-state index is 6.22. The van der Waals surface area contributed by atoms with E-state index in [4.69, 9.17) is 10.5 Å².